The largest absolute Gasteiger partial charge is 0.395 e. The van der Waals surface area contributed by atoms with Crippen LogP contribution in [0.4, 0.5) is 0 Å². The van der Waals surface area contributed by atoms with Gasteiger partial charge in [-0.25, -0.2) is 0 Å². The van der Waals surface area contributed by atoms with E-state index in [1.807, 2.05) is 39.8 Å². The molecular weight excluding hydrogens is 675 g/mol. The van der Waals surface area contributed by atoms with E-state index in [1.54, 1.807) is 0 Å². The van der Waals surface area contributed by atoms with Crippen LogP contribution in [0.1, 0.15) is 90.5 Å². The average Bonchev–Trinajstić information content (AvgIpc) is 3.13. The van der Waals surface area contributed by atoms with Crippen LogP contribution in [0.3, 0.4) is 0 Å². The van der Waals surface area contributed by atoms with Gasteiger partial charge in [-0.2, -0.15) is 0 Å². The third-order valence-corrected chi connectivity index (χ3v) is 9.89. The van der Waals surface area contributed by atoms with Crippen LogP contribution in [0.15, 0.2) is 103 Å². The van der Waals surface area contributed by atoms with Crippen LogP contribution in [-0.4, -0.2) is 71.9 Å². The Morgan fingerprint density at radius 2 is 1.20 bits per heavy atom. The van der Waals surface area contributed by atoms with Gasteiger partial charge in [0, 0.05) is 43.5 Å². The second-order valence-corrected chi connectivity index (χ2v) is 15.0. The number of aryl methyl sites for hydroxylation is 1. The van der Waals surface area contributed by atoms with Crippen molar-refractivity contribution >= 4 is 33.4 Å². The minimum Gasteiger partial charge on any atom is -0.395 e. The van der Waals surface area contributed by atoms with E-state index in [0.717, 1.165) is 70.1 Å². The molecule has 1 rings (SSSR count). The van der Waals surface area contributed by atoms with Gasteiger partial charge in [0.15, 0.2) is 0 Å². The summed E-state index contributed by atoms with van der Waals surface area (Å²) < 4.78 is 0. The molecule has 0 saturated heterocycles. The van der Waals surface area contributed by atoms with Crippen molar-refractivity contribution in [2.45, 2.75) is 103 Å². The molecule has 0 fully saturated rings. The number of amides is 2. The van der Waals surface area contributed by atoms with Gasteiger partial charge in [-0.3, -0.25) is 9.59 Å². The van der Waals surface area contributed by atoms with Crippen molar-refractivity contribution in [3.8, 4) is 0 Å². The molecular formula is C42H67N3O4S2. The first kappa shape index (κ1) is 48.2. The Bertz CT molecular complexity index is 1130. The number of aliphatic hydroxyl groups excluding tert-OH is 2. The molecule has 5 N–H and O–H groups in total. The molecule has 0 aliphatic rings. The third kappa shape index (κ3) is 36.8. The number of rotatable bonds is 29. The van der Waals surface area contributed by atoms with Crippen LogP contribution in [0.25, 0.3) is 0 Å². The van der Waals surface area contributed by atoms with Crippen molar-refractivity contribution in [3.63, 3.8) is 0 Å². The highest BCUT2D eigenvalue weighted by molar-refractivity contribution is 8.76. The number of allylic oxidation sites excluding steroid dienone is 12. The van der Waals surface area contributed by atoms with Crippen LogP contribution >= 0.6 is 21.6 Å². The van der Waals surface area contributed by atoms with Gasteiger partial charge < -0.3 is 26.2 Å². The first-order valence-electron chi connectivity index (χ1n) is 18.6. The third-order valence-electron chi connectivity index (χ3n) is 6.94. The molecule has 286 valence electrons. The molecule has 9 heteroatoms. The van der Waals surface area contributed by atoms with Gasteiger partial charge in [0.1, 0.15) is 0 Å². The Labute approximate surface area is 318 Å². The molecule has 7 nitrogen and oxygen atoms in total. The Hall–Kier alpha value is -2.82. The van der Waals surface area contributed by atoms with Crippen LogP contribution in [-0.2, 0) is 16.0 Å². The smallest absolute Gasteiger partial charge is 0.220 e. The van der Waals surface area contributed by atoms with E-state index < -0.39 is 0 Å². The lowest BCUT2D eigenvalue weighted by Crippen LogP contribution is -2.40. The van der Waals surface area contributed by atoms with E-state index in [4.69, 9.17) is 10.2 Å². The van der Waals surface area contributed by atoms with Crippen molar-refractivity contribution in [1.82, 2.24) is 16.0 Å². The van der Waals surface area contributed by atoms with Gasteiger partial charge in [0.2, 0.25) is 11.8 Å². The maximum atomic E-state index is 11.7. The molecule has 0 radical (unpaired) electrons. The summed E-state index contributed by atoms with van der Waals surface area (Å²) in [7, 11) is 3.68. The summed E-state index contributed by atoms with van der Waals surface area (Å²) in [4.78, 5) is 23.3. The normalized spacial score (nSPS) is 12.1. The Balaban J connectivity index is 0.00000107. The zero-order chi connectivity index (χ0) is 37.5. The number of carbonyl (C=O) groups is 2. The first-order chi connectivity index (χ1) is 24.9. The number of hydrogen-bond acceptors (Lipinski definition) is 7. The first-order valence-corrected chi connectivity index (χ1v) is 21.0. The zero-order valence-corrected chi connectivity index (χ0v) is 33.2. The molecule has 0 spiro atoms. The highest BCUT2D eigenvalue weighted by Gasteiger charge is 2.05. The van der Waals surface area contributed by atoms with E-state index in [2.05, 4.69) is 122 Å². The summed E-state index contributed by atoms with van der Waals surface area (Å²) in [5.41, 5.74) is 1.25. The highest BCUT2D eigenvalue weighted by Crippen LogP contribution is 2.25. The van der Waals surface area contributed by atoms with Crippen molar-refractivity contribution < 1.29 is 19.8 Å². The lowest BCUT2D eigenvalue weighted by Gasteiger charge is -2.13. The summed E-state index contributed by atoms with van der Waals surface area (Å²) in [6.45, 7) is 8.10. The van der Waals surface area contributed by atoms with Gasteiger partial charge in [-0.1, -0.05) is 146 Å². The Morgan fingerprint density at radius 1 is 0.686 bits per heavy atom. The van der Waals surface area contributed by atoms with Crippen molar-refractivity contribution in [2.75, 3.05) is 38.6 Å². The molecule has 0 heterocycles. The fraction of sp³-hybridized carbons (Fsp3) is 0.524. The summed E-state index contributed by atoms with van der Waals surface area (Å²) in [5.74, 6) is 1.15. The second-order valence-electron chi connectivity index (χ2n) is 12.0. The quantitative estimate of drug-likeness (QED) is 0.0319. The number of carbonyl (C=O) groups excluding carboxylic acids is 2. The predicted molar refractivity (Wildman–Crippen MR) is 224 cm³/mol. The fourth-order valence-electron chi connectivity index (χ4n) is 4.21. The number of aliphatic hydroxyl groups is 2. The topological polar surface area (TPSA) is 111 Å². The molecule has 0 aliphatic heterocycles. The van der Waals surface area contributed by atoms with E-state index >= 15 is 0 Å². The minimum atomic E-state index is -0.315. The molecule has 0 unspecified atom stereocenters. The molecule has 51 heavy (non-hydrogen) atoms. The van der Waals surface area contributed by atoms with E-state index in [0.29, 0.717) is 31.2 Å². The van der Waals surface area contributed by atoms with Crippen LogP contribution in [0, 0.1) is 0 Å². The fourth-order valence-corrected chi connectivity index (χ4v) is 6.12. The van der Waals surface area contributed by atoms with Crippen molar-refractivity contribution in [3.05, 3.63) is 109 Å². The summed E-state index contributed by atoms with van der Waals surface area (Å²) in [5, 5.41) is 27.1. The monoisotopic (exact) mass is 741 g/mol. The van der Waals surface area contributed by atoms with Crippen LogP contribution in [0.5, 0.6) is 0 Å². The van der Waals surface area contributed by atoms with Gasteiger partial charge in [-0.15, -0.1) is 0 Å². The number of nitrogens with one attached hydrogen (secondary N) is 3. The van der Waals surface area contributed by atoms with Gasteiger partial charge in [-0.05, 0) is 63.4 Å². The summed E-state index contributed by atoms with van der Waals surface area (Å²) in [6, 6.07) is 9.79. The molecule has 1 aromatic rings. The molecule has 0 aromatic heterocycles. The highest BCUT2D eigenvalue weighted by atomic mass is 33.1. The lowest BCUT2D eigenvalue weighted by atomic mass is 10.1. The van der Waals surface area contributed by atoms with Crippen LogP contribution in [0.2, 0.25) is 0 Å². The molecule has 0 saturated carbocycles. The summed E-state index contributed by atoms with van der Waals surface area (Å²) >= 11 is 0. The van der Waals surface area contributed by atoms with Crippen LogP contribution < -0.4 is 16.0 Å². The molecule has 1 aromatic carbocycles. The second kappa shape index (κ2) is 38.4. The molecule has 0 bridgehead atoms. The Morgan fingerprint density at radius 3 is 1.73 bits per heavy atom. The minimum absolute atomic E-state index is 0.0345. The van der Waals surface area contributed by atoms with Gasteiger partial charge in [0.05, 0.1) is 19.3 Å². The molecule has 0 aliphatic carbocycles. The maximum Gasteiger partial charge on any atom is 0.220 e. The maximum absolute atomic E-state index is 11.7. The number of hydrogen-bond donors (Lipinski definition) is 5. The zero-order valence-electron chi connectivity index (χ0n) is 31.5. The molecule has 2 amide bonds. The standard InChI is InChI=1S/C27H43NOS2.C15H24N2O3/c1-4-5-6-7-8-9-10-11-12-13-14-15-16-17-18-19-20-21-22-23-27(29)28-24-25-30-31-26(2)3;18-11-14(12-19)16-9-10-17-15(20)8-4-7-13-5-2-1-3-6-13/h5-6,8-9,11-12,14-15,17-18,20-21,26H,4,7,10,13,16,19,22-25H2,1-3H3,(H,28,29);1-3,5-6,14,16,18-19H,4,7-12H2,(H,17,20)/b6-5-,9-8-,12-11-,15-14-,18-17-,21-20-;. The van der Waals surface area contributed by atoms with Crippen molar-refractivity contribution in [2.24, 2.45) is 0 Å². The van der Waals surface area contributed by atoms with E-state index in [-0.39, 0.29) is 31.1 Å². The van der Waals surface area contributed by atoms with Crippen molar-refractivity contribution in [1.29, 1.82) is 0 Å². The predicted octanol–water partition coefficient (Wildman–Crippen LogP) is 8.44. The van der Waals surface area contributed by atoms with Gasteiger partial charge in [0.25, 0.3) is 0 Å². The number of benzene rings is 1. The van der Waals surface area contributed by atoms with E-state index in [9.17, 15) is 9.59 Å². The average molecular weight is 742 g/mol. The SMILES string of the molecule is CC/C=C\C/C=C\C/C=C\C/C=C\C/C=C\C/C=C\CCC(=O)NCCSSC(C)C.O=C(CCCc1ccccc1)NCCNC(CO)CO. The summed E-state index contributed by atoms with van der Waals surface area (Å²) in [6.07, 6.45) is 36.0. The Kier molecular flexibility index (Phi) is 36.3. The molecule has 0 atom stereocenters. The lowest BCUT2D eigenvalue weighted by molar-refractivity contribution is -0.121. The van der Waals surface area contributed by atoms with Gasteiger partial charge >= 0.3 is 0 Å². The van der Waals surface area contributed by atoms with E-state index in [1.165, 1.54) is 5.56 Å².